The molecule has 3 heterocycles. The summed E-state index contributed by atoms with van der Waals surface area (Å²) in [6, 6.07) is 25.1. The van der Waals surface area contributed by atoms with Crippen LogP contribution in [0.4, 0.5) is 0 Å². The fourth-order valence-corrected chi connectivity index (χ4v) is 4.28. The molecule has 27 heavy (non-hydrogen) atoms. The molecule has 0 saturated heterocycles. The first-order valence-corrected chi connectivity index (χ1v) is 9.34. The van der Waals surface area contributed by atoms with E-state index < -0.39 is 0 Å². The summed E-state index contributed by atoms with van der Waals surface area (Å²) in [7, 11) is 0. The summed E-state index contributed by atoms with van der Waals surface area (Å²) in [5.41, 5.74) is 3.03. The van der Waals surface area contributed by atoms with Crippen LogP contribution in [-0.2, 0) is 0 Å². The number of nitrogens with zero attached hydrogens (tertiary/aromatic N) is 2. The van der Waals surface area contributed by atoms with Crippen molar-refractivity contribution >= 4 is 28.4 Å². The normalized spacial score (nSPS) is 11.3. The van der Waals surface area contributed by atoms with Crippen LogP contribution >= 0.6 is 11.8 Å². The molecule has 0 radical (unpaired) electrons. The van der Waals surface area contributed by atoms with E-state index in [-0.39, 0.29) is 5.63 Å². The largest absolute Gasteiger partial charge is 0.423 e. The highest BCUT2D eigenvalue weighted by Gasteiger charge is 2.17. The molecule has 0 atom stereocenters. The highest BCUT2D eigenvalue weighted by molar-refractivity contribution is 7.99. The van der Waals surface area contributed by atoms with Gasteiger partial charge in [-0.3, -0.25) is 4.40 Å². The van der Waals surface area contributed by atoms with E-state index in [1.165, 1.54) is 11.8 Å². The third-order valence-electron chi connectivity index (χ3n) is 4.35. The maximum Gasteiger partial charge on any atom is 0.337 e. The van der Waals surface area contributed by atoms with Gasteiger partial charge in [-0.15, -0.1) is 0 Å². The topological polar surface area (TPSA) is 47.5 Å². The molecule has 0 N–H and O–H groups in total. The number of fused-ring (bicyclic) bond motifs is 2. The third-order valence-corrected chi connectivity index (χ3v) is 5.49. The second kappa shape index (κ2) is 6.45. The highest BCUT2D eigenvalue weighted by atomic mass is 32.2. The van der Waals surface area contributed by atoms with Crippen LogP contribution in [0.1, 0.15) is 0 Å². The predicted molar refractivity (Wildman–Crippen MR) is 107 cm³/mol. The Balaban J connectivity index is 1.76. The molecule has 0 aliphatic heterocycles. The van der Waals surface area contributed by atoms with Crippen molar-refractivity contribution in [3.05, 3.63) is 95.5 Å². The van der Waals surface area contributed by atoms with Gasteiger partial charge in [0.1, 0.15) is 22.0 Å². The first-order valence-electron chi connectivity index (χ1n) is 8.53. The molecular formula is C22H14N2O2S. The van der Waals surface area contributed by atoms with Gasteiger partial charge >= 0.3 is 5.63 Å². The van der Waals surface area contributed by atoms with Crippen LogP contribution in [0.3, 0.4) is 0 Å². The lowest BCUT2D eigenvalue weighted by molar-refractivity contribution is 0.557. The van der Waals surface area contributed by atoms with Crippen molar-refractivity contribution in [1.82, 2.24) is 9.38 Å². The van der Waals surface area contributed by atoms with E-state index in [1.807, 2.05) is 79.0 Å². The first kappa shape index (κ1) is 15.9. The fourth-order valence-electron chi connectivity index (χ4n) is 3.13. The molecule has 0 amide bonds. The smallest absolute Gasteiger partial charge is 0.337 e. The van der Waals surface area contributed by atoms with Crippen molar-refractivity contribution < 1.29 is 4.42 Å². The van der Waals surface area contributed by atoms with E-state index in [0.717, 1.165) is 32.2 Å². The highest BCUT2D eigenvalue weighted by Crippen LogP contribution is 2.38. The Morgan fingerprint density at radius 3 is 2.56 bits per heavy atom. The molecule has 4 nitrogen and oxygen atoms in total. The minimum absolute atomic E-state index is 0.355. The molecule has 0 aliphatic rings. The fraction of sp³-hybridized carbons (Fsp3) is 0. The Hall–Kier alpha value is -3.31. The van der Waals surface area contributed by atoms with Crippen molar-refractivity contribution in [2.45, 2.75) is 9.92 Å². The number of rotatable bonds is 3. The molecule has 3 aromatic heterocycles. The van der Waals surface area contributed by atoms with Gasteiger partial charge in [-0.05, 0) is 18.2 Å². The van der Waals surface area contributed by atoms with Gasteiger partial charge in [0.15, 0.2) is 0 Å². The van der Waals surface area contributed by atoms with Crippen LogP contribution in [0.2, 0.25) is 0 Å². The SMILES string of the molecule is O=c1cc(Sc2c(-c3ccccc3)nc3ccccn23)c2ccccc2o1. The first-order chi connectivity index (χ1) is 13.3. The van der Waals surface area contributed by atoms with E-state index in [9.17, 15) is 4.79 Å². The molecule has 0 spiro atoms. The van der Waals surface area contributed by atoms with Gasteiger partial charge in [-0.25, -0.2) is 9.78 Å². The maximum atomic E-state index is 12.0. The quantitative estimate of drug-likeness (QED) is 0.407. The Morgan fingerprint density at radius 2 is 1.67 bits per heavy atom. The van der Waals surface area contributed by atoms with Crippen LogP contribution in [-0.4, -0.2) is 9.38 Å². The van der Waals surface area contributed by atoms with Gasteiger partial charge in [0.05, 0.1) is 0 Å². The Morgan fingerprint density at radius 1 is 0.889 bits per heavy atom. The molecule has 0 fully saturated rings. The number of aromatic nitrogens is 2. The molecule has 130 valence electrons. The number of hydrogen-bond acceptors (Lipinski definition) is 4. The van der Waals surface area contributed by atoms with Crippen molar-refractivity contribution in [1.29, 1.82) is 0 Å². The third kappa shape index (κ3) is 2.82. The second-order valence-electron chi connectivity index (χ2n) is 6.09. The number of para-hydroxylation sites is 1. The average Bonchev–Trinajstić information content (AvgIpc) is 3.07. The zero-order valence-corrected chi connectivity index (χ0v) is 15.0. The summed E-state index contributed by atoms with van der Waals surface area (Å²) >= 11 is 1.53. The van der Waals surface area contributed by atoms with Crippen LogP contribution in [0.15, 0.2) is 104 Å². The summed E-state index contributed by atoms with van der Waals surface area (Å²) in [6.45, 7) is 0. The predicted octanol–water partition coefficient (Wildman–Crippen LogP) is 5.26. The Kier molecular flexibility index (Phi) is 3.80. The number of benzene rings is 2. The minimum Gasteiger partial charge on any atom is -0.423 e. The van der Waals surface area contributed by atoms with Crippen LogP contribution < -0.4 is 5.63 Å². The van der Waals surface area contributed by atoms with E-state index in [4.69, 9.17) is 9.40 Å². The van der Waals surface area contributed by atoms with Gasteiger partial charge in [0, 0.05) is 28.1 Å². The lowest BCUT2D eigenvalue weighted by Crippen LogP contribution is -1.97. The van der Waals surface area contributed by atoms with Gasteiger partial charge in [0.2, 0.25) is 0 Å². The van der Waals surface area contributed by atoms with Crippen molar-refractivity contribution in [2.75, 3.05) is 0 Å². The minimum atomic E-state index is -0.355. The monoisotopic (exact) mass is 370 g/mol. The van der Waals surface area contributed by atoms with Crippen LogP contribution in [0.25, 0.3) is 27.9 Å². The average molecular weight is 370 g/mol. The molecule has 5 rings (SSSR count). The molecule has 0 bridgehead atoms. The van der Waals surface area contributed by atoms with Crippen molar-refractivity contribution in [2.24, 2.45) is 0 Å². The van der Waals surface area contributed by atoms with E-state index >= 15 is 0 Å². The molecule has 0 aliphatic carbocycles. The molecule has 2 aromatic carbocycles. The molecular weight excluding hydrogens is 356 g/mol. The standard InChI is InChI=1S/C22H14N2O2S/c25-20-14-18(16-10-4-5-11-17(16)26-20)27-22-21(15-8-2-1-3-9-15)23-19-12-6-7-13-24(19)22/h1-14H. The van der Waals surface area contributed by atoms with Gasteiger partial charge < -0.3 is 4.42 Å². The number of pyridine rings is 1. The lowest BCUT2D eigenvalue weighted by Gasteiger charge is -2.07. The zero-order valence-electron chi connectivity index (χ0n) is 14.2. The summed E-state index contributed by atoms with van der Waals surface area (Å²) in [5.74, 6) is 0. The van der Waals surface area contributed by atoms with Crippen molar-refractivity contribution in [3.63, 3.8) is 0 Å². The van der Waals surface area contributed by atoms with E-state index in [1.54, 1.807) is 6.07 Å². The van der Waals surface area contributed by atoms with E-state index in [2.05, 4.69) is 4.40 Å². The maximum absolute atomic E-state index is 12.0. The van der Waals surface area contributed by atoms with Crippen LogP contribution in [0.5, 0.6) is 0 Å². The Bertz CT molecular complexity index is 1320. The summed E-state index contributed by atoms with van der Waals surface area (Å²) < 4.78 is 7.38. The molecule has 0 unspecified atom stereocenters. The Labute approximate surface area is 159 Å². The summed E-state index contributed by atoms with van der Waals surface area (Å²) in [4.78, 5) is 17.7. The van der Waals surface area contributed by atoms with Crippen LogP contribution in [0, 0.1) is 0 Å². The molecule has 0 saturated carbocycles. The lowest BCUT2D eigenvalue weighted by atomic mass is 10.2. The number of imidazole rings is 1. The zero-order chi connectivity index (χ0) is 18.2. The second-order valence-corrected chi connectivity index (χ2v) is 7.12. The number of hydrogen-bond donors (Lipinski definition) is 0. The van der Waals surface area contributed by atoms with Gasteiger partial charge in [0.25, 0.3) is 0 Å². The summed E-state index contributed by atoms with van der Waals surface area (Å²) in [5, 5.41) is 1.87. The van der Waals surface area contributed by atoms with Gasteiger partial charge in [-0.1, -0.05) is 66.4 Å². The molecule has 5 heteroatoms. The summed E-state index contributed by atoms with van der Waals surface area (Å²) in [6.07, 6.45) is 1.99. The molecule has 5 aromatic rings. The van der Waals surface area contributed by atoms with E-state index in [0.29, 0.717) is 5.58 Å². The van der Waals surface area contributed by atoms with Gasteiger partial charge in [-0.2, -0.15) is 0 Å². The van der Waals surface area contributed by atoms with Crippen molar-refractivity contribution in [3.8, 4) is 11.3 Å².